The van der Waals surface area contributed by atoms with Gasteiger partial charge in [-0.3, -0.25) is 0 Å². The summed E-state index contributed by atoms with van der Waals surface area (Å²) in [6, 6.07) is 6.98. The Morgan fingerprint density at radius 1 is 1.44 bits per heavy atom. The van der Waals surface area contributed by atoms with Crippen LogP contribution in [0.1, 0.15) is 18.4 Å². The van der Waals surface area contributed by atoms with Crippen LogP contribution in [0.15, 0.2) is 18.2 Å². The second-order valence-electron chi connectivity index (χ2n) is 3.94. The molecule has 0 spiro atoms. The van der Waals surface area contributed by atoms with E-state index < -0.39 is 0 Å². The highest BCUT2D eigenvalue weighted by molar-refractivity contribution is 6.30. The molecule has 0 bridgehead atoms. The second-order valence-corrected chi connectivity index (χ2v) is 4.37. The van der Waals surface area contributed by atoms with E-state index >= 15 is 0 Å². The van der Waals surface area contributed by atoms with Crippen molar-refractivity contribution in [2.24, 2.45) is 5.73 Å². The third-order valence-corrected chi connectivity index (χ3v) is 2.64. The lowest BCUT2D eigenvalue weighted by Crippen LogP contribution is -2.29. The Morgan fingerprint density at radius 3 is 2.69 bits per heavy atom. The summed E-state index contributed by atoms with van der Waals surface area (Å²) in [7, 11) is 0. The first kappa shape index (κ1) is 13.1. The van der Waals surface area contributed by atoms with E-state index in [9.17, 15) is 0 Å². The van der Waals surface area contributed by atoms with Crippen molar-refractivity contribution in [3.63, 3.8) is 0 Å². The summed E-state index contributed by atoms with van der Waals surface area (Å²) in [5.41, 5.74) is 6.22. The molecule has 1 aromatic carbocycles. The molecule has 1 aliphatic carbocycles. The van der Waals surface area contributed by atoms with Crippen LogP contribution in [0.5, 0.6) is 5.75 Å². The summed E-state index contributed by atoms with van der Waals surface area (Å²) in [6.45, 7) is 0.484. The van der Waals surface area contributed by atoms with Crippen molar-refractivity contribution < 1.29 is 4.74 Å². The fourth-order valence-corrected chi connectivity index (χ4v) is 1.47. The zero-order valence-corrected chi connectivity index (χ0v) is 10.1. The summed E-state index contributed by atoms with van der Waals surface area (Å²) in [5.74, 6) is 0.607. The van der Waals surface area contributed by atoms with Gasteiger partial charge in [0.1, 0.15) is 12.4 Å². The third-order valence-electron chi connectivity index (χ3n) is 2.42. The molecule has 0 aromatic heterocycles. The van der Waals surface area contributed by atoms with Gasteiger partial charge in [0.2, 0.25) is 0 Å². The largest absolute Gasteiger partial charge is 0.492 e. The molecule has 86 valence electrons. The maximum absolute atomic E-state index is 8.74. The van der Waals surface area contributed by atoms with Gasteiger partial charge in [-0.1, -0.05) is 11.6 Å². The monoisotopic (exact) mass is 258 g/mol. The van der Waals surface area contributed by atoms with Gasteiger partial charge in [0, 0.05) is 5.02 Å². The Labute approximate surface area is 106 Å². The van der Waals surface area contributed by atoms with E-state index in [0.29, 0.717) is 22.9 Å². The van der Waals surface area contributed by atoms with E-state index in [-0.39, 0.29) is 17.9 Å². The number of rotatable bonds is 3. The molecule has 0 unspecified atom stereocenters. The first-order chi connectivity index (χ1) is 7.11. The molecule has 2 N–H and O–H groups in total. The molecule has 0 radical (unpaired) electrons. The van der Waals surface area contributed by atoms with Crippen LogP contribution in [-0.4, -0.2) is 12.1 Å². The van der Waals surface area contributed by atoms with Crippen molar-refractivity contribution in [3.8, 4) is 11.8 Å². The molecule has 0 amide bonds. The van der Waals surface area contributed by atoms with Gasteiger partial charge >= 0.3 is 0 Å². The molecule has 3 nitrogen and oxygen atoms in total. The lowest BCUT2D eigenvalue weighted by Gasteiger charge is -2.11. The number of halogens is 2. The summed E-state index contributed by atoms with van der Waals surface area (Å²) >= 11 is 5.83. The number of nitrogens with zero attached hydrogens (tertiary/aromatic N) is 1. The van der Waals surface area contributed by atoms with E-state index in [1.807, 2.05) is 6.07 Å². The number of nitrogens with two attached hydrogens (primary N) is 1. The fourth-order valence-electron chi connectivity index (χ4n) is 1.24. The maximum Gasteiger partial charge on any atom is 0.122 e. The van der Waals surface area contributed by atoms with Gasteiger partial charge in [0.15, 0.2) is 0 Å². The van der Waals surface area contributed by atoms with Gasteiger partial charge in [-0.05, 0) is 31.0 Å². The van der Waals surface area contributed by atoms with Crippen LogP contribution in [0.25, 0.3) is 0 Å². The zero-order chi connectivity index (χ0) is 10.9. The van der Waals surface area contributed by atoms with Gasteiger partial charge < -0.3 is 10.5 Å². The van der Waals surface area contributed by atoms with Crippen LogP contribution in [0.2, 0.25) is 5.02 Å². The van der Waals surface area contributed by atoms with Gasteiger partial charge in [0.25, 0.3) is 0 Å². The third kappa shape index (κ3) is 3.28. The molecule has 1 saturated carbocycles. The second kappa shape index (κ2) is 4.92. The Balaban J connectivity index is 0.00000128. The molecule has 5 heteroatoms. The average Bonchev–Trinajstić information content (AvgIpc) is 2.94. The average molecular weight is 259 g/mol. The van der Waals surface area contributed by atoms with Crippen LogP contribution in [0.3, 0.4) is 0 Å². The summed E-state index contributed by atoms with van der Waals surface area (Å²) in [6.07, 6.45) is 2.00. The number of ether oxygens (including phenoxy) is 1. The highest BCUT2D eigenvalue weighted by Gasteiger charge is 2.39. The molecule has 2 rings (SSSR count). The van der Waals surface area contributed by atoms with Crippen molar-refractivity contribution in [1.82, 2.24) is 0 Å². The van der Waals surface area contributed by atoms with Crippen LogP contribution < -0.4 is 10.5 Å². The maximum atomic E-state index is 8.74. The SMILES string of the molecule is Cl.N#Cc1cc(Cl)cc(OCC2(N)CC2)c1. The Hall–Kier alpha value is -0.950. The molecule has 0 aliphatic heterocycles. The van der Waals surface area contributed by atoms with Crippen molar-refractivity contribution in [2.75, 3.05) is 6.61 Å². The number of benzene rings is 1. The van der Waals surface area contributed by atoms with Crippen molar-refractivity contribution in [2.45, 2.75) is 18.4 Å². The Bertz CT molecular complexity index is 424. The zero-order valence-electron chi connectivity index (χ0n) is 8.57. The van der Waals surface area contributed by atoms with Gasteiger partial charge in [-0.15, -0.1) is 12.4 Å². The van der Waals surface area contributed by atoms with Crippen molar-refractivity contribution in [3.05, 3.63) is 28.8 Å². The molecule has 0 heterocycles. The molecular formula is C11H12Cl2N2O. The van der Waals surface area contributed by atoms with Crippen LogP contribution in [0.4, 0.5) is 0 Å². The van der Waals surface area contributed by atoms with Gasteiger partial charge in [-0.2, -0.15) is 5.26 Å². The molecule has 1 aliphatic rings. The lowest BCUT2D eigenvalue weighted by molar-refractivity contribution is 0.279. The van der Waals surface area contributed by atoms with Gasteiger partial charge in [0.05, 0.1) is 17.2 Å². The molecule has 16 heavy (non-hydrogen) atoms. The molecule has 1 aromatic rings. The van der Waals surface area contributed by atoms with Gasteiger partial charge in [-0.25, -0.2) is 0 Å². The topological polar surface area (TPSA) is 59.0 Å². The number of hydrogen-bond acceptors (Lipinski definition) is 3. The predicted octanol–water partition coefficient (Wildman–Crippen LogP) is 2.50. The smallest absolute Gasteiger partial charge is 0.122 e. The first-order valence-electron chi connectivity index (χ1n) is 4.74. The van der Waals surface area contributed by atoms with Crippen LogP contribution in [-0.2, 0) is 0 Å². The minimum atomic E-state index is -0.158. The van der Waals surface area contributed by atoms with Crippen molar-refractivity contribution in [1.29, 1.82) is 5.26 Å². The van der Waals surface area contributed by atoms with E-state index in [2.05, 4.69) is 0 Å². The standard InChI is InChI=1S/C11H11ClN2O.ClH/c12-9-3-8(6-13)4-10(5-9)15-7-11(14)1-2-11;/h3-5H,1-2,7,14H2;1H. The van der Waals surface area contributed by atoms with E-state index in [0.717, 1.165) is 12.8 Å². The van der Waals surface area contributed by atoms with E-state index in [1.54, 1.807) is 18.2 Å². The highest BCUT2D eigenvalue weighted by Crippen LogP contribution is 2.33. The fraction of sp³-hybridized carbons (Fsp3) is 0.364. The first-order valence-corrected chi connectivity index (χ1v) is 5.11. The number of hydrogen-bond donors (Lipinski definition) is 1. The number of nitriles is 1. The van der Waals surface area contributed by atoms with Crippen LogP contribution in [0, 0.1) is 11.3 Å². The summed E-state index contributed by atoms with van der Waals surface area (Å²) in [4.78, 5) is 0. The predicted molar refractivity (Wildman–Crippen MR) is 65.1 cm³/mol. The van der Waals surface area contributed by atoms with E-state index in [1.165, 1.54) is 0 Å². The quantitative estimate of drug-likeness (QED) is 0.907. The minimum Gasteiger partial charge on any atom is -0.492 e. The normalized spacial score (nSPS) is 15.8. The minimum absolute atomic E-state index is 0. The summed E-state index contributed by atoms with van der Waals surface area (Å²) < 4.78 is 5.50. The Kier molecular flexibility index (Phi) is 4.03. The van der Waals surface area contributed by atoms with Crippen molar-refractivity contribution >= 4 is 24.0 Å². The van der Waals surface area contributed by atoms with Crippen LogP contribution >= 0.6 is 24.0 Å². The van der Waals surface area contributed by atoms with E-state index in [4.69, 9.17) is 27.3 Å². The molecule has 1 fully saturated rings. The molecule has 0 saturated heterocycles. The molecular weight excluding hydrogens is 247 g/mol. The lowest BCUT2D eigenvalue weighted by atomic mass is 10.2. The Morgan fingerprint density at radius 2 is 2.12 bits per heavy atom. The molecule has 0 atom stereocenters. The highest BCUT2D eigenvalue weighted by atomic mass is 35.5. The summed E-state index contributed by atoms with van der Waals surface area (Å²) in [5, 5.41) is 9.24.